The maximum absolute atomic E-state index is 9.40. The monoisotopic (exact) mass is 323 g/mol. The summed E-state index contributed by atoms with van der Waals surface area (Å²) in [4.78, 5) is 8.90. The predicted molar refractivity (Wildman–Crippen MR) is 89.8 cm³/mol. The fourth-order valence-corrected chi connectivity index (χ4v) is 2.48. The summed E-state index contributed by atoms with van der Waals surface area (Å²) >= 11 is 6.14. The van der Waals surface area contributed by atoms with E-state index in [2.05, 4.69) is 16.0 Å². The number of hydrogen-bond acceptors (Lipinski definition) is 4. The number of nitrogen functional groups attached to an aromatic ring is 1. The van der Waals surface area contributed by atoms with Crippen LogP contribution in [0.1, 0.15) is 16.7 Å². The molecule has 3 rings (SSSR count). The molecular weight excluding hydrogens is 310 g/mol. The first-order valence-electron chi connectivity index (χ1n) is 7.02. The molecule has 0 saturated heterocycles. The third-order valence-corrected chi connectivity index (χ3v) is 3.89. The van der Waals surface area contributed by atoms with Crippen LogP contribution in [-0.4, -0.2) is 9.38 Å². The van der Waals surface area contributed by atoms with Crippen LogP contribution in [0.5, 0.6) is 0 Å². The van der Waals surface area contributed by atoms with E-state index in [1.807, 2.05) is 37.3 Å². The van der Waals surface area contributed by atoms with Crippen LogP contribution in [0.3, 0.4) is 0 Å². The van der Waals surface area contributed by atoms with E-state index in [1.165, 1.54) is 0 Å². The highest BCUT2D eigenvalue weighted by atomic mass is 35.5. The Kier molecular flexibility index (Phi) is 4.00. The lowest BCUT2D eigenvalue weighted by Gasteiger charge is -2.08. The summed E-state index contributed by atoms with van der Waals surface area (Å²) in [6.07, 6.45) is 1.80. The maximum atomic E-state index is 9.40. The Labute approximate surface area is 138 Å². The van der Waals surface area contributed by atoms with Crippen molar-refractivity contribution in [2.24, 2.45) is 4.99 Å². The summed E-state index contributed by atoms with van der Waals surface area (Å²) in [6, 6.07) is 13.3. The standard InChI is InChI=1S/C17H14ClN5/c1-11-6-7-23-15(8-11)22-17(13(9-19)16(23)20)21-10-12-4-2-3-5-14(12)18/h2-8H,10,20H2,1H3. The van der Waals surface area contributed by atoms with Crippen molar-refractivity contribution in [3.63, 3.8) is 0 Å². The van der Waals surface area contributed by atoms with Gasteiger partial charge in [-0.05, 0) is 36.2 Å². The van der Waals surface area contributed by atoms with Gasteiger partial charge >= 0.3 is 0 Å². The second kappa shape index (κ2) is 6.11. The average molecular weight is 324 g/mol. The van der Waals surface area contributed by atoms with E-state index in [1.54, 1.807) is 16.7 Å². The van der Waals surface area contributed by atoms with Crippen molar-refractivity contribution in [1.82, 2.24) is 9.38 Å². The number of benzene rings is 1. The summed E-state index contributed by atoms with van der Waals surface area (Å²) in [5.74, 6) is 0.329. The highest BCUT2D eigenvalue weighted by Gasteiger charge is 2.09. The molecule has 0 aliphatic heterocycles. The highest BCUT2D eigenvalue weighted by molar-refractivity contribution is 6.31. The number of hydrogen-bond donors (Lipinski definition) is 1. The molecule has 0 amide bonds. The minimum atomic E-state index is 0.262. The Bertz CT molecular complexity index is 998. The fraction of sp³-hybridized carbons (Fsp3) is 0.118. The zero-order chi connectivity index (χ0) is 16.4. The first-order valence-corrected chi connectivity index (χ1v) is 7.40. The topological polar surface area (TPSA) is 79.5 Å². The van der Waals surface area contributed by atoms with E-state index in [9.17, 15) is 5.26 Å². The number of aromatic nitrogens is 2. The zero-order valence-electron chi connectivity index (χ0n) is 12.5. The predicted octanol–water partition coefficient (Wildman–Crippen LogP) is 2.85. The van der Waals surface area contributed by atoms with E-state index >= 15 is 0 Å². The Balaban J connectivity index is 2.18. The van der Waals surface area contributed by atoms with Crippen LogP contribution in [0.25, 0.3) is 5.65 Å². The molecule has 0 unspecified atom stereocenters. The summed E-state index contributed by atoms with van der Waals surface area (Å²) in [5, 5.41) is 10.0. The fourth-order valence-electron chi connectivity index (χ4n) is 2.29. The van der Waals surface area contributed by atoms with Gasteiger partial charge in [-0.25, -0.2) is 4.98 Å². The third-order valence-electron chi connectivity index (χ3n) is 3.52. The number of anilines is 1. The van der Waals surface area contributed by atoms with Crippen molar-refractivity contribution >= 4 is 23.1 Å². The molecule has 1 aromatic carbocycles. The van der Waals surface area contributed by atoms with Gasteiger partial charge in [-0.1, -0.05) is 29.8 Å². The third kappa shape index (κ3) is 2.89. The molecule has 2 aromatic heterocycles. The number of nitriles is 1. The summed E-state index contributed by atoms with van der Waals surface area (Å²) < 4.78 is 1.68. The molecule has 2 heterocycles. The van der Waals surface area contributed by atoms with E-state index in [0.717, 1.165) is 11.1 Å². The molecule has 0 aliphatic rings. The molecular formula is C17H14ClN5. The van der Waals surface area contributed by atoms with E-state index < -0.39 is 0 Å². The number of aryl methyl sites for hydroxylation is 1. The van der Waals surface area contributed by atoms with Crippen molar-refractivity contribution in [3.05, 3.63) is 69.8 Å². The van der Waals surface area contributed by atoms with Crippen LogP contribution in [0.15, 0.2) is 47.6 Å². The molecule has 3 aromatic rings. The molecule has 23 heavy (non-hydrogen) atoms. The maximum Gasteiger partial charge on any atom is 0.171 e. The number of rotatable bonds is 2. The van der Waals surface area contributed by atoms with Gasteiger partial charge in [0.05, 0.1) is 6.54 Å². The van der Waals surface area contributed by atoms with Crippen LogP contribution in [0, 0.1) is 18.3 Å². The molecule has 5 nitrogen and oxygen atoms in total. The van der Waals surface area contributed by atoms with Crippen molar-refractivity contribution in [3.8, 4) is 6.07 Å². The van der Waals surface area contributed by atoms with Crippen LogP contribution in [0.2, 0.25) is 5.02 Å². The molecule has 0 spiro atoms. The minimum absolute atomic E-state index is 0.262. The van der Waals surface area contributed by atoms with E-state index in [-0.39, 0.29) is 5.56 Å². The lowest BCUT2D eigenvalue weighted by atomic mass is 10.2. The van der Waals surface area contributed by atoms with Gasteiger partial charge in [-0.3, -0.25) is 9.39 Å². The Hall–Kier alpha value is -2.84. The van der Waals surface area contributed by atoms with Crippen LogP contribution < -0.4 is 11.2 Å². The molecule has 0 radical (unpaired) electrons. The largest absolute Gasteiger partial charge is 0.384 e. The van der Waals surface area contributed by atoms with E-state index in [0.29, 0.717) is 28.5 Å². The molecule has 6 heteroatoms. The number of nitrogens with two attached hydrogens (primary N) is 1. The van der Waals surface area contributed by atoms with Crippen LogP contribution >= 0.6 is 11.6 Å². The molecule has 0 atom stereocenters. The molecule has 0 aliphatic carbocycles. The SMILES string of the molecule is Cc1ccn2c(N)c(C#N)c(=NCc3ccccc3Cl)nc2c1. The second-order valence-electron chi connectivity index (χ2n) is 5.15. The Morgan fingerprint density at radius 1 is 1.35 bits per heavy atom. The van der Waals surface area contributed by atoms with Gasteiger partial charge in [-0.15, -0.1) is 0 Å². The number of halogens is 1. The number of fused-ring (bicyclic) bond motifs is 1. The molecule has 0 bridgehead atoms. The molecule has 2 N–H and O–H groups in total. The summed E-state index contributed by atoms with van der Waals surface area (Å²) in [6.45, 7) is 2.30. The minimum Gasteiger partial charge on any atom is -0.384 e. The van der Waals surface area contributed by atoms with Gasteiger partial charge in [0.15, 0.2) is 5.49 Å². The second-order valence-corrected chi connectivity index (χ2v) is 5.55. The van der Waals surface area contributed by atoms with Crippen molar-refractivity contribution in [1.29, 1.82) is 5.26 Å². The van der Waals surface area contributed by atoms with Gasteiger partial charge in [0.1, 0.15) is 23.1 Å². The van der Waals surface area contributed by atoms with Crippen molar-refractivity contribution in [2.45, 2.75) is 13.5 Å². The molecule has 114 valence electrons. The number of pyridine rings is 1. The number of nitrogens with zero attached hydrogens (tertiary/aromatic N) is 4. The summed E-state index contributed by atoms with van der Waals surface area (Å²) in [5.41, 5.74) is 9.26. The van der Waals surface area contributed by atoms with Gasteiger partial charge in [0.2, 0.25) is 0 Å². The first kappa shape index (κ1) is 15.1. The average Bonchev–Trinajstić information content (AvgIpc) is 2.54. The van der Waals surface area contributed by atoms with Gasteiger partial charge in [0, 0.05) is 11.2 Å². The Morgan fingerprint density at radius 3 is 2.87 bits per heavy atom. The molecule has 0 fully saturated rings. The quantitative estimate of drug-likeness (QED) is 0.787. The van der Waals surface area contributed by atoms with Gasteiger partial charge < -0.3 is 5.73 Å². The molecule has 0 saturated carbocycles. The van der Waals surface area contributed by atoms with Crippen LogP contribution in [-0.2, 0) is 6.54 Å². The summed E-state index contributed by atoms with van der Waals surface area (Å²) in [7, 11) is 0. The van der Waals surface area contributed by atoms with Crippen molar-refractivity contribution < 1.29 is 0 Å². The van der Waals surface area contributed by atoms with E-state index in [4.69, 9.17) is 17.3 Å². The first-order chi connectivity index (χ1) is 11.1. The highest BCUT2D eigenvalue weighted by Crippen LogP contribution is 2.16. The van der Waals surface area contributed by atoms with Gasteiger partial charge in [-0.2, -0.15) is 5.26 Å². The lowest BCUT2D eigenvalue weighted by Crippen LogP contribution is -2.19. The Morgan fingerprint density at radius 2 is 2.13 bits per heavy atom. The smallest absolute Gasteiger partial charge is 0.171 e. The van der Waals surface area contributed by atoms with Crippen LogP contribution in [0.4, 0.5) is 5.82 Å². The normalized spacial score (nSPS) is 11.6. The van der Waals surface area contributed by atoms with Gasteiger partial charge in [0.25, 0.3) is 0 Å². The van der Waals surface area contributed by atoms with Crippen molar-refractivity contribution in [2.75, 3.05) is 5.73 Å². The zero-order valence-corrected chi connectivity index (χ0v) is 13.2. The lowest BCUT2D eigenvalue weighted by molar-refractivity contribution is 0.944.